The van der Waals surface area contributed by atoms with Crippen molar-refractivity contribution in [3.05, 3.63) is 36.0 Å². The Hall–Kier alpha value is -2.14. The smallest absolute Gasteiger partial charge is 0.270 e. The third kappa shape index (κ3) is 3.92. The zero-order valence-corrected chi connectivity index (χ0v) is 12.8. The molecule has 2 rings (SSSR count). The molecule has 0 saturated heterocycles. The van der Waals surface area contributed by atoms with Gasteiger partial charge in [0.25, 0.3) is 5.91 Å². The van der Waals surface area contributed by atoms with E-state index in [-0.39, 0.29) is 11.9 Å². The molecule has 0 bridgehead atoms. The fourth-order valence-electron chi connectivity index (χ4n) is 2.14. The van der Waals surface area contributed by atoms with Crippen molar-refractivity contribution in [2.24, 2.45) is 0 Å². The standard InChI is InChI=1S/C16H22N4O/c1-11(8-9-20(2)3)18-16(21)15-10-13(17)12-6-4-5-7-14(12)19-15/h4-7,10-11H,8-9H2,1-3H3,(H2,17,19)(H,18,21). The number of hydrogen-bond donors (Lipinski definition) is 2. The number of nitrogens with one attached hydrogen (secondary N) is 1. The number of nitrogen functional groups attached to an aromatic ring is 1. The lowest BCUT2D eigenvalue weighted by Gasteiger charge is -2.16. The minimum absolute atomic E-state index is 0.0920. The van der Waals surface area contributed by atoms with Crippen molar-refractivity contribution < 1.29 is 4.79 Å². The van der Waals surface area contributed by atoms with E-state index in [1.165, 1.54) is 0 Å². The lowest BCUT2D eigenvalue weighted by Crippen LogP contribution is -2.35. The Bertz CT molecular complexity index is 639. The third-order valence-electron chi connectivity index (χ3n) is 3.37. The molecule has 5 heteroatoms. The Balaban J connectivity index is 2.12. The summed E-state index contributed by atoms with van der Waals surface area (Å²) in [5, 5.41) is 3.83. The predicted molar refractivity (Wildman–Crippen MR) is 86.3 cm³/mol. The quantitative estimate of drug-likeness (QED) is 0.880. The number of amides is 1. The van der Waals surface area contributed by atoms with Crippen LogP contribution in [-0.4, -0.2) is 42.5 Å². The molecule has 0 radical (unpaired) electrons. The highest BCUT2D eigenvalue weighted by Gasteiger charge is 2.13. The number of nitrogens with two attached hydrogens (primary N) is 1. The normalized spacial score (nSPS) is 12.6. The molecule has 1 amide bonds. The molecule has 0 fully saturated rings. The second-order valence-corrected chi connectivity index (χ2v) is 5.58. The molecule has 0 saturated carbocycles. The predicted octanol–water partition coefficient (Wildman–Crippen LogP) is 1.89. The van der Waals surface area contributed by atoms with Crippen LogP contribution in [0.2, 0.25) is 0 Å². The molecular weight excluding hydrogens is 264 g/mol. The summed E-state index contributed by atoms with van der Waals surface area (Å²) in [6.45, 7) is 2.92. The van der Waals surface area contributed by atoms with E-state index in [1.54, 1.807) is 6.07 Å². The SMILES string of the molecule is CC(CCN(C)C)NC(=O)c1cc(N)c2ccccc2n1. The van der Waals surface area contributed by atoms with E-state index in [4.69, 9.17) is 5.73 Å². The monoisotopic (exact) mass is 286 g/mol. The number of carbonyl (C=O) groups is 1. The van der Waals surface area contributed by atoms with Crippen molar-refractivity contribution >= 4 is 22.5 Å². The van der Waals surface area contributed by atoms with Crippen LogP contribution in [0.1, 0.15) is 23.8 Å². The van der Waals surface area contributed by atoms with E-state index < -0.39 is 0 Å². The number of fused-ring (bicyclic) bond motifs is 1. The first-order chi connectivity index (χ1) is 9.97. The van der Waals surface area contributed by atoms with E-state index in [9.17, 15) is 4.79 Å². The van der Waals surface area contributed by atoms with Gasteiger partial charge in [-0.2, -0.15) is 0 Å². The molecule has 0 spiro atoms. The summed E-state index contributed by atoms with van der Waals surface area (Å²) < 4.78 is 0. The van der Waals surface area contributed by atoms with Gasteiger partial charge in [0.15, 0.2) is 0 Å². The van der Waals surface area contributed by atoms with Crippen LogP contribution in [0.3, 0.4) is 0 Å². The molecule has 0 aliphatic heterocycles. The van der Waals surface area contributed by atoms with Gasteiger partial charge in [-0.1, -0.05) is 18.2 Å². The summed E-state index contributed by atoms with van der Waals surface area (Å²) in [5.41, 5.74) is 7.68. The molecule has 1 unspecified atom stereocenters. The highest BCUT2D eigenvalue weighted by molar-refractivity contribution is 5.99. The van der Waals surface area contributed by atoms with Crippen molar-refractivity contribution in [3.63, 3.8) is 0 Å². The zero-order valence-electron chi connectivity index (χ0n) is 12.8. The van der Waals surface area contributed by atoms with Crippen molar-refractivity contribution in [1.82, 2.24) is 15.2 Å². The number of rotatable bonds is 5. The molecule has 1 atom stereocenters. The highest BCUT2D eigenvalue weighted by atomic mass is 16.1. The Kier molecular flexibility index (Phi) is 4.75. The van der Waals surface area contributed by atoms with Crippen molar-refractivity contribution in [1.29, 1.82) is 0 Å². The third-order valence-corrected chi connectivity index (χ3v) is 3.37. The van der Waals surface area contributed by atoms with Crippen LogP contribution < -0.4 is 11.1 Å². The number of para-hydroxylation sites is 1. The molecular formula is C16H22N4O. The van der Waals surface area contributed by atoms with Crippen LogP contribution in [0.15, 0.2) is 30.3 Å². The highest BCUT2D eigenvalue weighted by Crippen LogP contribution is 2.20. The molecule has 3 N–H and O–H groups in total. The van der Waals surface area contributed by atoms with Crippen LogP contribution >= 0.6 is 0 Å². The van der Waals surface area contributed by atoms with Crippen LogP contribution in [0.5, 0.6) is 0 Å². The molecule has 5 nitrogen and oxygen atoms in total. The lowest BCUT2D eigenvalue weighted by molar-refractivity contribution is 0.0932. The van der Waals surface area contributed by atoms with E-state index in [0.717, 1.165) is 23.9 Å². The first-order valence-electron chi connectivity index (χ1n) is 7.08. The number of carbonyl (C=O) groups excluding carboxylic acids is 1. The number of aromatic nitrogens is 1. The fourth-order valence-corrected chi connectivity index (χ4v) is 2.14. The van der Waals surface area contributed by atoms with Gasteiger partial charge in [-0.15, -0.1) is 0 Å². The minimum Gasteiger partial charge on any atom is -0.398 e. The van der Waals surface area contributed by atoms with Gasteiger partial charge in [-0.05, 0) is 46.1 Å². The largest absolute Gasteiger partial charge is 0.398 e. The molecule has 2 aromatic rings. The summed E-state index contributed by atoms with van der Waals surface area (Å²) in [6.07, 6.45) is 0.891. The first kappa shape index (κ1) is 15.3. The molecule has 112 valence electrons. The molecule has 1 heterocycles. The van der Waals surface area contributed by atoms with Gasteiger partial charge in [-0.3, -0.25) is 4.79 Å². The van der Waals surface area contributed by atoms with Crippen LogP contribution in [-0.2, 0) is 0 Å². The maximum atomic E-state index is 12.3. The Morgan fingerprint density at radius 2 is 2.10 bits per heavy atom. The fraction of sp³-hybridized carbons (Fsp3) is 0.375. The van der Waals surface area contributed by atoms with Gasteiger partial charge < -0.3 is 16.0 Å². The molecule has 0 aliphatic carbocycles. The maximum Gasteiger partial charge on any atom is 0.270 e. The zero-order chi connectivity index (χ0) is 15.4. The Morgan fingerprint density at radius 3 is 2.81 bits per heavy atom. The maximum absolute atomic E-state index is 12.3. The second kappa shape index (κ2) is 6.54. The number of nitrogens with zero attached hydrogens (tertiary/aromatic N) is 2. The molecule has 0 aliphatic rings. The number of anilines is 1. The second-order valence-electron chi connectivity index (χ2n) is 5.58. The van der Waals surface area contributed by atoms with Gasteiger partial charge in [0, 0.05) is 17.1 Å². The first-order valence-corrected chi connectivity index (χ1v) is 7.08. The van der Waals surface area contributed by atoms with Crippen molar-refractivity contribution in [3.8, 4) is 0 Å². The molecule has 21 heavy (non-hydrogen) atoms. The van der Waals surface area contributed by atoms with Crippen LogP contribution in [0, 0.1) is 0 Å². The summed E-state index contributed by atoms with van der Waals surface area (Å²) in [4.78, 5) is 18.7. The Labute approximate surface area is 125 Å². The average molecular weight is 286 g/mol. The number of pyridine rings is 1. The molecule has 1 aromatic heterocycles. The molecule has 1 aromatic carbocycles. The van der Waals surface area contributed by atoms with E-state index in [2.05, 4.69) is 15.2 Å². The number of benzene rings is 1. The minimum atomic E-state index is -0.182. The van der Waals surface area contributed by atoms with E-state index in [0.29, 0.717) is 11.4 Å². The van der Waals surface area contributed by atoms with Crippen LogP contribution in [0.4, 0.5) is 5.69 Å². The average Bonchev–Trinajstić information content (AvgIpc) is 2.45. The van der Waals surface area contributed by atoms with E-state index in [1.807, 2.05) is 45.3 Å². The number of hydrogen-bond acceptors (Lipinski definition) is 4. The summed E-state index contributed by atoms with van der Waals surface area (Å²) in [5.74, 6) is -0.182. The van der Waals surface area contributed by atoms with Crippen LogP contribution in [0.25, 0.3) is 10.9 Å². The van der Waals surface area contributed by atoms with Gasteiger partial charge in [0.1, 0.15) is 5.69 Å². The van der Waals surface area contributed by atoms with Gasteiger partial charge >= 0.3 is 0 Å². The van der Waals surface area contributed by atoms with Gasteiger partial charge in [0.2, 0.25) is 0 Å². The lowest BCUT2D eigenvalue weighted by atomic mass is 10.1. The van der Waals surface area contributed by atoms with Crippen molar-refractivity contribution in [2.75, 3.05) is 26.4 Å². The summed E-state index contributed by atoms with van der Waals surface area (Å²) in [6, 6.07) is 9.28. The van der Waals surface area contributed by atoms with Gasteiger partial charge in [-0.25, -0.2) is 4.98 Å². The van der Waals surface area contributed by atoms with Gasteiger partial charge in [0.05, 0.1) is 5.52 Å². The summed E-state index contributed by atoms with van der Waals surface area (Å²) >= 11 is 0. The topological polar surface area (TPSA) is 71.2 Å². The Morgan fingerprint density at radius 1 is 1.38 bits per heavy atom. The summed E-state index contributed by atoms with van der Waals surface area (Å²) in [7, 11) is 4.03. The van der Waals surface area contributed by atoms with E-state index >= 15 is 0 Å². The van der Waals surface area contributed by atoms with Crippen molar-refractivity contribution in [2.45, 2.75) is 19.4 Å².